The number of benzene rings is 2. The van der Waals surface area contributed by atoms with Crippen LogP contribution in [0, 0.1) is 6.92 Å². The van der Waals surface area contributed by atoms with Crippen LogP contribution in [0.5, 0.6) is 0 Å². The topological polar surface area (TPSA) is 93.3 Å². The third-order valence-corrected chi connectivity index (χ3v) is 4.76. The molecule has 0 heterocycles. The van der Waals surface area contributed by atoms with Crippen LogP contribution in [0.25, 0.3) is 0 Å². The molecule has 3 rings (SSSR count). The van der Waals surface area contributed by atoms with Gasteiger partial charge in [-0.2, -0.15) is 0 Å². The number of aliphatic imine (C=N–C) groups is 1. The fraction of sp³-hybridized carbons (Fsp3) is 0.280. The van der Waals surface area contributed by atoms with Crippen molar-refractivity contribution >= 4 is 34.6 Å². The average Bonchev–Trinajstić information content (AvgIpc) is 2.67. The molecule has 1 aliphatic rings. The van der Waals surface area contributed by atoms with E-state index in [9.17, 15) is 4.79 Å². The molecule has 0 fully saturated rings. The summed E-state index contributed by atoms with van der Waals surface area (Å²) in [4.78, 5) is 17.2. The molecule has 1 aliphatic carbocycles. The first-order valence-electron chi connectivity index (χ1n) is 10.4. The maximum atomic E-state index is 12.3. The van der Waals surface area contributed by atoms with Gasteiger partial charge in [-0.1, -0.05) is 24.3 Å². The van der Waals surface area contributed by atoms with Crippen LogP contribution >= 0.6 is 0 Å². The van der Waals surface area contributed by atoms with E-state index in [0.717, 1.165) is 39.6 Å². The Morgan fingerprint density at radius 2 is 1.87 bits per heavy atom. The number of ether oxygens (including phenoxy) is 1. The van der Waals surface area contributed by atoms with Crippen molar-refractivity contribution in [3.05, 3.63) is 71.5 Å². The van der Waals surface area contributed by atoms with Crippen LogP contribution < -0.4 is 16.4 Å². The third kappa shape index (κ3) is 6.30. The van der Waals surface area contributed by atoms with E-state index in [1.165, 1.54) is 0 Å². The van der Waals surface area contributed by atoms with Gasteiger partial charge in [0.15, 0.2) is 5.69 Å². The SMILES string of the molecule is CC1=CC(=Nc2cc(C)c(NC(=O)OC(C)(C)C)cc2[NH2+]c2ccccc2)CC=C1N. The molecule has 0 aliphatic heterocycles. The van der Waals surface area contributed by atoms with Gasteiger partial charge < -0.3 is 10.5 Å². The predicted octanol–water partition coefficient (Wildman–Crippen LogP) is 5.13. The van der Waals surface area contributed by atoms with E-state index in [4.69, 9.17) is 15.5 Å². The molecule has 2 aromatic rings. The van der Waals surface area contributed by atoms with Gasteiger partial charge in [-0.3, -0.25) is 10.6 Å². The Morgan fingerprint density at radius 1 is 1.16 bits per heavy atom. The molecule has 6 heteroatoms. The normalized spacial score (nSPS) is 15.3. The highest BCUT2D eigenvalue weighted by Crippen LogP contribution is 2.31. The number of anilines is 1. The summed E-state index contributed by atoms with van der Waals surface area (Å²) in [6, 6.07) is 14.0. The molecule has 1 amide bonds. The fourth-order valence-electron chi connectivity index (χ4n) is 3.20. The van der Waals surface area contributed by atoms with Gasteiger partial charge in [0.2, 0.25) is 0 Å². The number of aryl methyl sites for hydroxylation is 1. The highest BCUT2D eigenvalue weighted by atomic mass is 16.6. The van der Waals surface area contributed by atoms with Gasteiger partial charge in [0.05, 0.1) is 5.69 Å². The molecule has 0 saturated carbocycles. The monoisotopic (exact) mass is 419 g/mol. The van der Waals surface area contributed by atoms with Crippen molar-refractivity contribution in [1.29, 1.82) is 0 Å². The standard InChI is InChI=1S/C25H30N4O2/c1-16-13-19(11-12-20(16)26)28-22-14-17(2)21(29-24(30)31-25(3,4)5)15-23(22)27-18-9-7-6-8-10-18/h6-10,12-15,27H,11,26H2,1-5H3,(H,29,30)/p+1. The maximum absolute atomic E-state index is 12.3. The van der Waals surface area contributed by atoms with Crippen molar-refractivity contribution < 1.29 is 14.8 Å². The number of hydrogen-bond acceptors (Lipinski definition) is 4. The number of amides is 1. The van der Waals surface area contributed by atoms with E-state index in [1.54, 1.807) is 0 Å². The van der Waals surface area contributed by atoms with E-state index in [-0.39, 0.29) is 0 Å². The molecular formula is C25H31N4O2+. The number of rotatable bonds is 4. The van der Waals surface area contributed by atoms with Crippen LogP contribution in [0.15, 0.2) is 70.9 Å². The quantitative estimate of drug-likeness (QED) is 0.600. The highest BCUT2D eigenvalue weighted by Gasteiger charge is 2.19. The van der Waals surface area contributed by atoms with Gasteiger partial charge in [0.1, 0.15) is 17.0 Å². The summed E-state index contributed by atoms with van der Waals surface area (Å²) in [5, 5.41) is 4.93. The van der Waals surface area contributed by atoms with Gasteiger partial charge in [-0.25, -0.2) is 9.79 Å². The van der Waals surface area contributed by atoms with Gasteiger partial charge in [-0.15, -0.1) is 0 Å². The zero-order chi connectivity index (χ0) is 22.6. The third-order valence-electron chi connectivity index (χ3n) is 4.76. The zero-order valence-electron chi connectivity index (χ0n) is 18.8. The second kappa shape index (κ2) is 9.18. The summed E-state index contributed by atoms with van der Waals surface area (Å²) >= 11 is 0. The molecule has 0 saturated heterocycles. The summed E-state index contributed by atoms with van der Waals surface area (Å²) < 4.78 is 5.41. The van der Waals surface area contributed by atoms with Crippen LogP contribution in [-0.4, -0.2) is 17.4 Å². The lowest BCUT2D eigenvalue weighted by Crippen LogP contribution is -2.71. The lowest BCUT2D eigenvalue weighted by molar-refractivity contribution is -0.477. The highest BCUT2D eigenvalue weighted by molar-refractivity contribution is 6.00. The van der Waals surface area contributed by atoms with E-state index in [2.05, 4.69) is 10.6 Å². The first-order chi connectivity index (χ1) is 14.6. The first-order valence-corrected chi connectivity index (χ1v) is 10.4. The maximum Gasteiger partial charge on any atom is 0.412 e. The van der Waals surface area contributed by atoms with E-state index in [1.807, 2.05) is 89.2 Å². The van der Waals surface area contributed by atoms with Gasteiger partial charge in [0.25, 0.3) is 0 Å². The predicted molar refractivity (Wildman–Crippen MR) is 126 cm³/mol. The molecular weight excluding hydrogens is 388 g/mol. The minimum absolute atomic E-state index is 0.480. The lowest BCUT2D eigenvalue weighted by atomic mass is 10.0. The summed E-state index contributed by atoms with van der Waals surface area (Å²) in [7, 11) is 0. The molecule has 2 aromatic carbocycles. The summed E-state index contributed by atoms with van der Waals surface area (Å²) in [5.41, 5.74) is 12.6. The first kappa shape index (κ1) is 22.3. The molecule has 6 nitrogen and oxygen atoms in total. The Bertz CT molecular complexity index is 1060. The molecule has 0 atom stereocenters. The lowest BCUT2D eigenvalue weighted by Gasteiger charge is -2.20. The minimum atomic E-state index is -0.566. The molecule has 5 N–H and O–H groups in total. The minimum Gasteiger partial charge on any atom is -0.444 e. The van der Waals surface area contributed by atoms with E-state index >= 15 is 0 Å². The Hall–Kier alpha value is -3.38. The molecule has 0 spiro atoms. The number of allylic oxidation sites excluding steroid dienone is 3. The van der Waals surface area contributed by atoms with Crippen molar-refractivity contribution in [1.82, 2.24) is 0 Å². The van der Waals surface area contributed by atoms with Crippen molar-refractivity contribution in [3.63, 3.8) is 0 Å². The summed E-state index contributed by atoms with van der Waals surface area (Å²) in [6.07, 6.45) is 4.21. The molecule has 162 valence electrons. The summed E-state index contributed by atoms with van der Waals surface area (Å²) in [6.45, 7) is 9.45. The van der Waals surface area contributed by atoms with Crippen LogP contribution in [0.4, 0.5) is 27.5 Å². The zero-order valence-corrected chi connectivity index (χ0v) is 18.8. The van der Waals surface area contributed by atoms with E-state index < -0.39 is 11.7 Å². The van der Waals surface area contributed by atoms with Crippen molar-refractivity contribution in [2.45, 2.75) is 46.6 Å². The number of hydrogen-bond donors (Lipinski definition) is 3. The number of carbonyl (C=O) groups excluding carboxylic acids is 1. The molecule has 0 bridgehead atoms. The van der Waals surface area contributed by atoms with Gasteiger partial charge in [0, 0.05) is 23.9 Å². The molecule has 31 heavy (non-hydrogen) atoms. The fourth-order valence-corrected chi connectivity index (χ4v) is 3.20. The Kier molecular flexibility index (Phi) is 6.61. The number of nitrogens with one attached hydrogen (secondary N) is 1. The number of nitrogens with two attached hydrogens (primary N) is 2. The Labute approximate surface area is 183 Å². The largest absolute Gasteiger partial charge is 0.444 e. The van der Waals surface area contributed by atoms with Crippen LogP contribution in [0.1, 0.15) is 39.7 Å². The number of nitrogens with zero attached hydrogens (tertiary/aromatic N) is 1. The van der Waals surface area contributed by atoms with Crippen LogP contribution in [0.2, 0.25) is 0 Å². The Balaban J connectivity index is 1.98. The second-order valence-corrected chi connectivity index (χ2v) is 8.70. The van der Waals surface area contributed by atoms with Crippen molar-refractivity contribution in [2.75, 3.05) is 5.32 Å². The van der Waals surface area contributed by atoms with Gasteiger partial charge >= 0.3 is 6.09 Å². The summed E-state index contributed by atoms with van der Waals surface area (Å²) in [5.74, 6) is 0. The van der Waals surface area contributed by atoms with Gasteiger partial charge in [-0.05, 0) is 70.0 Å². The van der Waals surface area contributed by atoms with E-state index in [0.29, 0.717) is 12.1 Å². The smallest absolute Gasteiger partial charge is 0.412 e. The number of quaternary nitrogens is 1. The van der Waals surface area contributed by atoms with Crippen molar-refractivity contribution in [3.8, 4) is 0 Å². The molecule has 0 aromatic heterocycles. The van der Waals surface area contributed by atoms with Crippen LogP contribution in [0.3, 0.4) is 0 Å². The number of carbonyl (C=O) groups is 1. The second-order valence-electron chi connectivity index (χ2n) is 8.70. The molecule has 0 unspecified atom stereocenters. The average molecular weight is 420 g/mol. The molecule has 0 radical (unpaired) electrons. The van der Waals surface area contributed by atoms with Crippen LogP contribution in [-0.2, 0) is 4.74 Å². The number of para-hydroxylation sites is 1. The Morgan fingerprint density at radius 3 is 2.52 bits per heavy atom. The van der Waals surface area contributed by atoms with Crippen molar-refractivity contribution in [2.24, 2.45) is 10.7 Å².